The second kappa shape index (κ2) is 3.17. The van der Waals surface area contributed by atoms with Crippen LogP contribution in [0.25, 0.3) is 0 Å². The van der Waals surface area contributed by atoms with Crippen LogP contribution < -0.4 is 0 Å². The van der Waals surface area contributed by atoms with E-state index in [0.29, 0.717) is 5.41 Å². The maximum absolute atomic E-state index is 10.7. The van der Waals surface area contributed by atoms with Crippen molar-refractivity contribution < 1.29 is 9.90 Å². The Labute approximate surface area is 78.6 Å². The van der Waals surface area contributed by atoms with Crippen molar-refractivity contribution in [2.45, 2.75) is 38.5 Å². The van der Waals surface area contributed by atoms with Gasteiger partial charge in [0, 0.05) is 0 Å². The Morgan fingerprint density at radius 2 is 1.77 bits per heavy atom. The predicted octanol–water partition coefficient (Wildman–Crippen LogP) is 2.60. The van der Waals surface area contributed by atoms with Crippen molar-refractivity contribution in [3.63, 3.8) is 0 Å². The molecule has 0 atom stereocenters. The van der Waals surface area contributed by atoms with Crippen LogP contribution in [-0.4, -0.2) is 11.1 Å². The van der Waals surface area contributed by atoms with Crippen molar-refractivity contribution in [3.05, 3.63) is 12.2 Å². The molecule has 1 spiro atoms. The van der Waals surface area contributed by atoms with E-state index in [9.17, 15) is 4.79 Å². The van der Waals surface area contributed by atoms with E-state index in [1.165, 1.54) is 12.8 Å². The van der Waals surface area contributed by atoms with E-state index in [4.69, 9.17) is 5.11 Å². The van der Waals surface area contributed by atoms with Crippen LogP contribution in [0.2, 0.25) is 0 Å². The molecule has 0 unspecified atom stereocenters. The lowest BCUT2D eigenvalue weighted by Crippen LogP contribution is -2.28. The average Bonchev–Trinajstić information content (AvgIpc) is 2.54. The first-order valence-corrected chi connectivity index (χ1v) is 5.10. The summed E-state index contributed by atoms with van der Waals surface area (Å²) in [6.45, 7) is 0. The standard InChI is InChI=1S/C11H16O2/c12-10(13)9-3-7-11(8-4-9)5-1-2-6-11/h1-2,9H,3-8H2,(H,12,13). The van der Waals surface area contributed by atoms with E-state index in [0.717, 1.165) is 25.7 Å². The van der Waals surface area contributed by atoms with Crippen molar-refractivity contribution in [2.75, 3.05) is 0 Å². The largest absolute Gasteiger partial charge is 0.481 e. The lowest BCUT2D eigenvalue weighted by Gasteiger charge is -2.35. The fourth-order valence-electron chi connectivity index (χ4n) is 2.64. The van der Waals surface area contributed by atoms with E-state index in [2.05, 4.69) is 12.2 Å². The van der Waals surface area contributed by atoms with Crippen molar-refractivity contribution in [3.8, 4) is 0 Å². The topological polar surface area (TPSA) is 37.3 Å². The van der Waals surface area contributed by atoms with Gasteiger partial charge in [0.2, 0.25) is 0 Å². The number of carboxylic acids is 1. The normalized spacial score (nSPS) is 26.8. The number of hydrogen-bond donors (Lipinski definition) is 1. The minimum Gasteiger partial charge on any atom is -0.481 e. The highest BCUT2D eigenvalue weighted by Gasteiger charge is 2.37. The summed E-state index contributed by atoms with van der Waals surface area (Å²) in [5, 5.41) is 8.85. The van der Waals surface area contributed by atoms with Crippen LogP contribution in [0.4, 0.5) is 0 Å². The molecular weight excluding hydrogens is 164 g/mol. The van der Waals surface area contributed by atoms with Gasteiger partial charge in [-0.25, -0.2) is 0 Å². The van der Waals surface area contributed by atoms with E-state index < -0.39 is 5.97 Å². The third kappa shape index (κ3) is 1.62. The molecular formula is C11H16O2. The SMILES string of the molecule is O=C(O)C1CCC2(CC=CC2)CC1. The predicted molar refractivity (Wildman–Crippen MR) is 50.4 cm³/mol. The van der Waals surface area contributed by atoms with Crippen LogP contribution in [0.15, 0.2) is 12.2 Å². The molecule has 2 heteroatoms. The number of hydrogen-bond acceptors (Lipinski definition) is 1. The molecule has 0 heterocycles. The molecule has 0 aromatic carbocycles. The Kier molecular flexibility index (Phi) is 2.14. The van der Waals surface area contributed by atoms with E-state index in [1.807, 2.05) is 0 Å². The highest BCUT2D eigenvalue weighted by Crippen LogP contribution is 2.47. The van der Waals surface area contributed by atoms with Crippen molar-refractivity contribution in [1.82, 2.24) is 0 Å². The summed E-state index contributed by atoms with van der Waals surface area (Å²) in [5.41, 5.74) is 0.464. The van der Waals surface area contributed by atoms with Gasteiger partial charge in [0.1, 0.15) is 0 Å². The zero-order valence-electron chi connectivity index (χ0n) is 7.83. The number of rotatable bonds is 1. The maximum atomic E-state index is 10.7. The molecule has 0 aromatic heterocycles. The summed E-state index contributed by atoms with van der Waals surface area (Å²) in [4.78, 5) is 10.7. The first kappa shape index (κ1) is 8.79. The molecule has 2 nitrogen and oxygen atoms in total. The molecule has 72 valence electrons. The van der Waals surface area contributed by atoms with Gasteiger partial charge >= 0.3 is 5.97 Å². The lowest BCUT2D eigenvalue weighted by molar-refractivity contribution is -0.143. The Hall–Kier alpha value is -0.790. The minimum absolute atomic E-state index is 0.0637. The van der Waals surface area contributed by atoms with Gasteiger partial charge in [0.05, 0.1) is 5.92 Å². The van der Waals surface area contributed by atoms with Crippen LogP contribution in [-0.2, 0) is 4.79 Å². The number of aliphatic carboxylic acids is 1. The Bertz CT molecular complexity index is 224. The molecule has 2 aliphatic carbocycles. The quantitative estimate of drug-likeness (QED) is 0.630. The van der Waals surface area contributed by atoms with Crippen LogP contribution in [0, 0.1) is 11.3 Å². The fourth-order valence-corrected chi connectivity index (χ4v) is 2.64. The van der Waals surface area contributed by atoms with Crippen LogP contribution in [0.3, 0.4) is 0 Å². The summed E-state index contributed by atoms with van der Waals surface area (Å²) in [7, 11) is 0. The molecule has 0 saturated heterocycles. The third-order valence-electron chi connectivity index (χ3n) is 3.66. The van der Waals surface area contributed by atoms with Crippen LogP contribution in [0.5, 0.6) is 0 Å². The van der Waals surface area contributed by atoms with Gasteiger partial charge in [-0.2, -0.15) is 0 Å². The minimum atomic E-state index is -0.596. The zero-order valence-corrected chi connectivity index (χ0v) is 7.83. The highest BCUT2D eigenvalue weighted by molar-refractivity contribution is 5.70. The summed E-state index contributed by atoms with van der Waals surface area (Å²) in [5.74, 6) is -0.660. The highest BCUT2D eigenvalue weighted by atomic mass is 16.4. The molecule has 1 N–H and O–H groups in total. The van der Waals surface area contributed by atoms with Gasteiger partial charge in [0.15, 0.2) is 0 Å². The Morgan fingerprint density at radius 1 is 1.23 bits per heavy atom. The van der Waals surface area contributed by atoms with Crippen molar-refractivity contribution in [2.24, 2.45) is 11.3 Å². The first-order valence-electron chi connectivity index (χ1n) is 5.10. The monoisotopic (exact) mass is 180 g/mol. The molecule has 0 aromatic rings. The number of carboxylic acid groups (broad SMARTS) is 1. The number of carbonyl (C=O) groups is 1. The fraction of sp³-hybridized carbons (Fsp3) is 0.727. The molecule has 2 rings (SSSR count). The van der Waals surface area contributed by atoms with Crippen LogP contribution in [0.1, 0.15) is 38.5 Å². The molecule has 0 amide bonds. The molecule has 0 radical (unpaired) electrons. The van der Waals surface area contributed by atoms with Crippen LogP contribution >= 0.6 is 0 Å². The molecule has 1 saturated carbocycles. The smallest absolute Gasteiger partial charge is 0.306 e. The van der Waals surface area contributed by atoms with Gasteiger partial charge in [-0.1, -0.05) is 12.2 Å². The van der Waals surface area contributed by atoms with Crippen molar-refractivity contribution >= 4 is 5.97 Å². The summed E-state index contributed by atoms with van der Waals surface area (Å²) >= 11 is 0. The van der Waals surface area contributed by atoms with Crippen molar-refractivity contribution in [1.29, 1.82) is 0 Å². The summed E-state index contributed by atoms with van der Waals surface area (Å²) < 4.78 is 0. The summed E-state index contributed by atoms with van der Waals surface area (Å²) in [6.07, 6.45) is 10.9. The van der Waals surface area contributed by atoms with Gasteiger partial charge < -0.3 is 5.11 Å². The molecule has 0 bridgehead atoms. The van der Waals surface area contributed by atoms with Gasteiger partial charge in [-0.3, -0.25) is 4.79 Å². The van der Waals surface area contributed by atoms with E-state index >= 15 is 0 Å². The van der Waals surface area contributed by atoms with Gasteiger partial charge in [0.25, 0.3) is 0 Å². The first-order chi connectivity index (χ1) is 6.22. The Morgan fingerprint density at radius 3 is 2.23 bits per heavy atom. The zero-order chi connectivity index (χ0) is 9.31. The second-order valence-electron chi connectivity index (χ2n) is 4.49. The molecule has 13 heavy (non-hydrogen) atoms. The van der Waals surface area contributed by atoms with E-state index in [-0.39, 0.29) is 5.92 Å². The molecule has 2 aliphatic rings. The van der Waals surface area contributed by atoms with E-state index in [1.54, 1.807) is 0 Å². The third-order valence-corrected chi connectivity index (χ3v) is 3.66. The summed E-state index contributed by atoms with van der Waals surface area (Å²) in [6, 6.07) is 0. The average molecular weight is 180 g/mol. The Balaban J connectivity index is 1.92. The number of allylic oxidation sites excluding steroid dienone is 2. The van der Waals surface area contributed by atoms with Gasteiger partial charge in [-0.05, 0) is 43.9 Å². The molecule has 1 fully saturated rings. The maximum Gasteiger partial charge on any atom is 0.306 e. The lowest BCUT2D eigenvalue weighted by atomic mass is 9.69. The molecule has 0 aliphatic heterocycles. The second-order valence-corrected chi connectivity index (χ2v) is 4.49. The van der Waals surface area contributed by atoms with Gasteiger partial charge in [-0.15, -0.1) is 0 Å².